The largest absolute Gasteiger partial charge is 0.354 e. The number of fused-ring (bicyclic) bond motifs is 9. The zero-order valence-electron chi connectivity index (χ0n) is 29.0. The van der Waals surface area contributed by atoms with E-state index in [1.54, 1.807) is 0 Å². The van der Waals surface area contributed by atoms with Crippen molar-refractivity contribution >= 4 is 54.3 Å². The van der Waals surface area contributed by atoms with Gasteiger partial charge in [0.15, 0.2) is 17.5 Å². The molecule has 0 radical (unpaired) electrons. The van der Waals surface area contributed by atoms with Crippen molar-refractivity contribution < 1.29 is 0 Å². The molecule has 54 heavy (non-hydrogen) atoms. The van der Waals surface area contributed by atoms with Gasteiger partial charge in [0.25, 0.3) is 0 Å². The van der Waals surface area contributed by atoms with Crippen LogP contribution in [0.25, 0.3) is 105 Å². The Labute approximate surface area is 310 Å². The van der Waals surface area contributed by atoms with E-state index < -0.39 is 0 Å². The quantitative estimate of drug-likeness (QED) is 0.182. The number of hydrogen-bond donors (Lipinski definition) is 1. The molecule has 0 aliphatic rings. The number of hydrogen-bond acceptors (Lipinski definition) is 4. The van der Waals surface area contributed by atoms with Crippen LogP contribution in [-0.2, 0) is 0 Å². The summed E-state index contributed by atoms with van der Waals surface area (Å²) in [5.41, 5.74) is 9.21. The Hall–Kier alpha value is -7.44. The van der Waals surface area contributed by atoms with Crippen molar-refractivity contribution in [2.75, 3.05) is 0 Å². The molecular weight excluding hydrogens is 661 g/mol. The fourth-order valence-electron chi connectivity index (χ4n) is 7.88. The number of aromatic amines is 1. The molecule has 0 bridgehead atoms. The molecule has 0 unspecified atom stereocenters. The lowest BCUT2D eigenvalue weighted by Crippen LogP contribution is -2.00. The summed E-state index contributed by atoms with van der Waals surface area (Å²) in [7, 11) is 0. The van der Waals surface area contributed by atoms with E-state index in [0.717, 1.165) is 55.4 Å². The highest BCUT2D eigenvalue weighted by Gasteiger charge is 2.17. The van der Waals surface area contributed by atoms with E-state index in [0.29, 0.717) is 17.5 Å². The second kappa shape index (κ2) is 12.1. The van der Waals surface area contributed by atoms with Crippen molar-refractivity contribution in [2.45, 2.75) is 0 Å². The van der Waals surface area contributed by atoms with E-state index in [2.05, 4.69) is 119 Å². The molecule has 3 heterocycles. The number of benzene rings is 8. The number of nitrogens with one attached hydrogen (secondary N) is 1. The van der Waals surface area contributed by atoms with Crippen molar-refractivity contribution in [3.8, 4) is 51.0 Å². The highest BCUT2D eigenvalue weighted by molar-refractivity contribution is 6.32. The van der Waals surface area contributed by atoms with Gasteiger partial charge in [-0.3, -0.25) is 0 Å². The molecule has 8 aromatic carbocycles. The van der Waals surface area contributed by atoms with Gasteiger partial charge in [-0.25, -0.2) is 19.6 Å². The van der Waals surface area contributed by atoms with E-state index in [4.69, 9.17) is 20.1 Å². The van der Waals surface area contributed by atoms with Crippen LogP contribution in [-0.4, -0.2) is 29.7 Å². The normalized spacial score (nSPS) is 11.7. The van der Waals surface area contributed by atoms with Gasteiger partial charge in [0.2, 0.25) is 0 Å². The van der Waals surface area contributed by atoms with Gasteiger partial charge >= 0.3 is 0 Å². The molecule has 0 amide bonds. The van der Waals surface area contributed by atoms with Crippen LogP contribution in [0, 0.1) is 0 Å². The van der Waals surface area contributed by atoms with Gasteiger partial charge in [-0.2, -0.15) is 5.10 Å². The second-order valence-electron chi connectivity index (χ2n) is 13.6. The minimum atomic E-state index is 0.627. The highest BCUT2D eigenvalue weighted by atomic mass is 15.3. The molecule has 0 atom stereocenters. The molecule has 11 aromatic rings. The van der Waals surface area contributed by atoms with E-state index >= 15 is 0 Å². The Morgan fingerprint density at radius 3 is 1.74 bits per heavy atom. The van der Waals surface area contributed by atoms with Crippen LogP contribution in [0.3, 0.4) is 0 Å². The van der Waals surface area contributed by atoms with Crippen molar-refractivity contribution in [1.82, 2.24) is 29.7 Å². The first-order valence-corrected chi connectivity index (χ1v) is 18.1. The maximum absolute atomic E-state index is 5.00. The van der Waals surface area contributed by atoms with Crippen molar-refractivity contribution in [2.24, 2.45) is 0 Å². The summed E-state index contributed by atoms with van der Waals surface area (Å²) in [6, 6.07) is 59.0. The summed E-state index contributed by atoms with van der Waals surface area (Å²) in [5.74, 6) is 1.91. The average Bonchev–Trinajstić information content (AvgIpc) is 3.86. The molecule has 6 nitrogen and oxygen atoms in total. The molecule has 0 fully saturated rings. The Balaban J connectivity index is 1.03. The van der Waals surface area contributed by atoms with Gasteiger partial charge < -0.3 is 4.98 Å². The van der Waals surface area contributed by atoms with E-state index in [9.17, 15) is 0 Å². The molecule has 3 aromatic heterocycles. The van der Waals surface area contributed by atoms with Crippen LogP contribution < -0.4 is 0 Å². The first-order valence-electron chi connectivity index (χ1n) is 18.1. The van der Waals surface area contributed by atoms with Gasteiger partial charge in [-0.15, -0.1) is 0 Å². The third-order valence-corrected chi connectivity index (χ3v) is 10.4. The summed E-state index contributed by atoms with van der Waals surface area (Å²) in [4.78, 5) is 18.5. The lowest BCUT2D eigenvalue weighted by molar-refractivity contribution is 0.911. The molecule has 0 aliphatic heterocycles. The number of H-pyrrole nitrogens is 1. The average molecular weight is 691 g/mol. The molecule has 0 saturated carbocycles. The third kappa shape index (κ3) is 4.89. The Kier molecular flexibility index (Phi) is 6.75. The highest BCUT2D eigenvalue weighted by Crippen LogP contribution is 2.40. The molecule has 0 saturated heterocycles. The van der Waals surface area contributed by atoms with Crippen LogP contribution >= 0.6 is 0 Å². The smallest absolute Gasteiger partial charge is 0.164 e. The van der Waals surface area contributed by atoms with Crippen molar-refractivity contribution in [3.05, 3.63) is 176 Å². The summed E-state index contributed by atoms with van der Waals surface area (Å²) < 4.78 is 2.05. The zero-order chi connectivity index (χ0) is 35.6. The monoisotopic (exact) mass is 690 g/mol. The minimum absolute atomic E-state index is 0.627. The fourth-order valence-corrected chi connectivity index (χ4v) is 7.88. The van der Waals surface area contributed by atoms with Gasteiger partial charge in [-0.05, 0) is 69.1 Å². The fraction of sp³-hybridized carbons (Fsp3) is 0. The number of nitrogens with zero attached hydrogens (tertiary/aromatic N) is 5. The number of aromatic nitrogens is 6. The van der Waals surface area contributed by atoms with Gasteiger partial charge in [0, 0.05) is 43.9 Å². The molecule has 11 rings (SSSR count). The first-order chi connectivity index (χ1) is 26.7. The Morgan fingerprint density at radius 1 is 0.389 bits per heavy atom. The van der Waals surface area contributed by atoms with Crippen molar-refractivity contribution in [3.63, 3.8) is 0 Å². The van der Waals surface area contributed by atoms with Gasteiger partial charge in [0.1, 0.15) is 0 Å². The van der Waals surface area contributed by atoms with Gasteiger partial charge in [0.05, 0.1) is 17.4 Å². The maximum Gasteiger partial charge on any atom is 0.164 e. The Bertz CT molecular complexity index is 3160. The van der Waals surface area contributed by atoms with E-state index in [1.807, 2.05) is 66.9 Å². The molecular formula is C48H30N6. The predicted octanol–water partition coefficient (Wildman–Crippen LogP) is 11.8. The SMILES string of the molecule is c1ccc(-c2nc(-c3ccccc3)nc(-c3cccc(-c4cccc(-n5ncc6c7c(ccc65)[nH]c5ccc6ccc8ccccc8c6c57)c4)c3)n2)cc1. The van der Waals surface area contributed by atoms with Crippen LogP contribution in [0.4, 0.5) is 0 Å². The second-order valence-corrected chi connectivity index (χ2v) is 13.6. The summed E-state index contributed by atoms with van der Waals surface area (Å²) in [5, 5.41) is 13.5. The summed E-state index contributed by atoms with van der Waals surface area (Å²) >= 11 is 0. The lowest BCUT2D eigenvalue weighted by Gasteiger charge is -2.11. The minimum Gasteiger partial charge on any atom is -0.354 e. The zero-order valence-corrected chi connectivity index (χ0v) is 29.0. The van der Waals surface area contributed by atoms with Crippen LogP contribution in [0.5, 0.6) is 0 Å². The van der Waals surface area contributed by atoms with Gasteiger partial charge in [-0.1, -0.05) is 133 Å². The van der Waals surface area contributed by atoms with Crippen LogP contribution in [0.1, 0.15) is 0 Å². The number of rotatable bonds is 5. The molecule has 1 N–H and O–H groups in total. The molecule has 0 aliphatic carbocycles. The predicted molar refractivity (Wildman–Crippen MR) is 221 cm³/mol. The third-order valence-electron chi connectivity index (χ3n) is 10.4. The lowest BCUT2D eigenvalue weighted by atomic mass is 9.97. The Morgan fingerprint density at radius 2 is 0.963 bits per heavy atom. The molecule has 0 spiro atoms. The summed E-state index contributed by atoms with van der Waals surface area (Å²) in [6.07, 6.45) is 2.01. The van der Waals surface area contributed by atoms with E-state index in [-0.39, 0.29) is 0 Å². The van der Waals surface area contributed by atoms with Crippen molar-refractivity contribution in [1.29, 1.82) is 0 Å². The van der Waals surface area contributed by atoms with Crippen LogP contribution in [0.15, 0.2) is 176 Å². The molecule has 252 valence electrons. The van der Waals surface area contributed by atoms with E-state index in [1.165, 1.54) is 32.3 Å². The molecule has 6 heteroatoms. The maximum atomic E-state index is 5.00. The van der Waals surface area contributed by atoms with Crippen LogP contribution in [0.2, 0.25) is 0 Å². The standard InChI is InChI=1S/C48H30N6/c1-3-12-32(13-4-1)46-51-47(33-14-5-2-6-15-33)53-48(52-46)36-18-9-16-34(27-36)35-17-10-19-37(28-35)54-42-26-25-40-44(39(42)29-49-54)45-41(50-40)24-23-31-22-21-30-11-7-8-20-38(30)43(31)45/h1-29,50H. The topological polar surface area (TPSA) is 72.3 Å². The first kappa shape index (κ1) is 30.2. The summed E-state index contributed by atoms with van der Waals surface area (Å²) in [6.45, 7) is 0.